The number of ether oxygens (including phenoxy) is 2. The first kappa shape index (κ1) is 32.5. The lowest BCUT2D eigenvalue weighted by Gasteiger charge is -2.31. The van der Waals surface area contributed by atoms with Crippen molar-refractivity contribution in [3.63, 3.8) is 0 Å². The van der Waals surface area contributed by atoms with Gasteiger partial charge in [-0.15, -0.1) is 0 Å². The van der Waals surface area contributed by atoms with E-state index in [2.05, 4.69) is 24.4 Å². The molecule has 0 spiro atoms. The van der Waals surface area contributed by atoms with E-state index in [4.69, 9.17) is 20.3 Å². The SMILES string of the molecule is Cc1cccc(OCCCC(=O)N2CCCc3c(-c4cccc(COC(=O)NCCCCC(N)C(=O)O)c4)cccc32)c1C. The Hall–Kier alpha value is -4.37. The van der Waals surface area contributed by atoms with Crippen molar-refractivity contribution in [1.29, 1.82) is 0 Å². The normalized spacial score (nSPS) is 13.1. The third-order valence-corrected chi connectivity index (χ3v) is 8.04. The van der Waals surface area contributed by atoms with Gasteiger partial charge in [0.25, 0.3) is 0 Å². The highest BCUT2D eigenvalue weighted by molar-refractivity contribution is 5.96. The van der Waals surface area contributed by atoms with E-state index >= 15 is 0 Å². The molecule has 0 radical (unpaired) electrons. The second-order valence-electron chi connectivity index (χ2n) is 11.2. The van der Waals surface area contributed by atoms with Crippen LogP contribution in [0, 0.1) is 13.8 Å². The zero-order valence-corrected chi connectivity index (χ0v) is 25.6. The lowest BCUT2D eigenvalue weighted by molar-refractivity contribution is -0.138. The Morgan fingerprint density at radius 3 is 2.64 bits per heavy atom. The number of alkyl carbamates (subject to hydrolysis) is 1. The molecule has 234 valence electrons. The first-order chi connectivity index (χ1) is 21.2. The fraction of sp³-hybridized carbons (Fsp3) is 0.400. The summed E-state index contributed by atoms with van der Waals surface area (Å²) in [6.07, 6.45) is 3.88. The van der Waals surface area contributed by atoms with E-state index in [0.29, 0.717) is 51.8 Å². The van der Waals surface area contributed by atoms with Gasteiger partial charge in [0.15, 0.2) is 0 Å². The molecule has 4 N–H and O–H groups in total. The predicted octanol–water partition coefficient (Wildman–Crippen LogP) is 5.92. The predicted molar refractivity (Wildman–Crippen MR) is 171 cm³/mol. The Balaban J connectivity index is 1.31. The van der Waals surface area contributed by atoms with Crippen molar-refractivity contribution >= 4 is 23.7 Å². The summed E-state index contributed by atoms with van der Waals surface area (Å²) in [5.74, 6) is -0.0491. The number of nitrogens with zero attached hydrogens (tertiary/aromatic N) is 1. The van der Waals surface area contributed by atoms with Gasteiger partial charge in [-0.1, -0.05) is 42.5 Å². The first-order valence-electron chi connectivity index (χ1n) is 15.3. The van der Waals surface area contributed by atoms with Crippen molar-refractivity contribution in [3.8, 4) is 16.9 Å². The minimum absolute atomic E-state index is 0.102. The molecule has 9 nitrogen and oxygen atoms in total. The molecule has 2 amide bonds. The second-order valence-corrected chi connectivity index (χ2v) is 11.2. The summed E-state index contributed by atoms with van der Waals surface area (Å²) in [7, 11) is 0. The fourth-order valence-electron chi connectivity index (χ4n) is 5.41. The van der Waals surface area contributed by atoms with E-state index in [1.165, 1.54) is 5.56 Å². The van der Waals surface area contributed by atoms with Crippen LogP contribution in [-0.4, -0.2) is 48.8 Å². The molecule has 0 aromatic heterocycles. The van der Waals surface area contributed by atoms with Crippen LogP contribution in [0.2, 0.25) is 0 Å². The van der Waals surface area contributed by atoms with Crippen molar-refractivity contribution in [1.82, 2.24) is 5.32 Å². The quantitative estimate of drug-likeness (QED) is 0.196. The summed E-state index contributed by atoms with van der Waals surface area (Å²) >= 11 is 0. The van der Waals surface area contributed by atoms with Crippen molar-refractivity contribution in [2.75, 3.05) is 24.6 Å². The van der Waals surface area contributed by atoms with Gasteiger partial charge < -0.3 is 30.5 Å². The number of nitrogens with one attached hydrogen (secondary N) is 1. The van der Waals surface area contributed by atoms with Crippen molar-refractivity contribution in [2.24, 2.45) is 5.73 Å². The first-order valence-corrected chi connectivity index (χ1v) is 15.3. The molecule has 1 atom stereocenters. The molecule has 1 heterocycles. The molecule has 0 saturated carbocycles. The molecule has 9 heteroatoms. The standard InChI is InChI=1S/C35H43N3O6/c1-24-10-5-17-32(25(24)2)43-21-9-18-33(39)38-20-8-14-29-28(13-7-16-31(29)38)27-12-6-11-26(22-27)23-44-35(42)37-19-4-3-15-30(36)34(40)41/h5-7,10-13,16-17,22,30H,3-4,8-9,14-15,18-21,23,36H2,1-2H3,(H,37,42)(H,40,41). The zero-order chi connectivity index (χ0) is 31.5. The van der Waals surface area contributed by atoms with Gasteiger partial charge in [0.05, 0.1) is 6.61 Å². The number of fused-ring (bicyclic) bond motifs is 1. The molecule has 1 aliphatic heterocycles. The number of carboxylic acid groups (broad SMARTS) is 1. The average molecular weight is 602 g/mol. The number of carbonyl (C=O) groups is 3. The van der Waals surface area contributed by atoms with Gasteiger partial charge in [0.1, 0.15) is 18.4 Å². The average Bonchev–Trinajstić information content (AvgIpc) is 3.03. The highest BCUT2D eigenvalue weighted by Gasteiger charge is 2.24. The van der Waals surface area contributed by atoms with Gasteiger partial charge in [-0.05, 0) is 104 Å². The van der Waals surface area contributed by atoms with Gasteiger partial charge in [-0.2, -0.15) is 0 Å². The molecular weight excluding hydrogens is 558 g/mol. The molecule has 4 rings (SSSR count). The zero-order valence-electron chi connectivity index (χ0n) is 25.6. The maximum absolute atomic E-state index is 13.3. The van der Waals surface area contributed by atoms with E-state index in [0.717, 1.165) is 52.1 Å². The Bertz CT molecular complexity index is 1460. The molecule has 0 saturated heterocycles. The molecule has 44 heavy (non-hydrogen) atoms. The van der Waals surface area contributed by atoms with Gasteiger partial charge in [-0.3, -0.25) is 9.59 Å². The Morgan fingerprint density at radius 1 is 1.02 bits per heavy atom. The van der Waals surface area contributed by atoms with Crippen LogP contribution in [0.4, 0.5) is 10.5 Å². The van der Waals surface area contributed by atoms with Gasteiger partial charge in [0, 0.05) is 25.2 Å². The topological polar surface area (TPSA) is 131 Å². The lowest BCUT2D eigenvalue weighted by atomic mass is 9.91. The molecule has 1 aliphatic rings. The molecule has 3 aromatic rings. The number of benzene rings is 3. The maximum Gasteiger partial charge on any atom is 0.407 e. The van der Waals surface area contributed by atoms with Gasteiger partial charge in [-0.25, -0.2) is 4.79 Å². The summed E-state index contributed by atoms with van der Waals surface area (Å²) in [6, 6.07) is 19.1. The number of amides is 2. The minimum Gasteiger partial charge on any atom is -0.493 e. The van der Waals surface area contributed by atoms with Crippen LogP contribution in [0.5, 0.6) is 5.75 Å². The highest BCUT2D eigenvalue weighted by atomic mass is 16.5. The van der Waals surface area contributed by atoms with Gasteiger partial charge in [0.2, 0.25) is 5.91 Å². The number of nitrogens with two attached hydrogens (primary N) is 1. The molecule has 1 unspecified atom stereocenters. The van der Waals surface area contributed by atoms with Gasteiger partial charge >= 0.3 is 12.1 Å². The van der Waals surface area contributed by atoms with Crippen LogP contribution in [-0.2, 0) is 27.4 Å². The second kappa shape index (κ2) is 15.9. The van der Waals surface area contributed by atoms with Crippen LogP contribution in [0.3, 0.4) is 0 Å². The largest absolute Gasteiger partial charge is 0.493 e. The number of unbranched alkanes of at least 4 members (excludes halogenated alkanes) is 1. The van der Waals surface area contributed by atoms with E-state index < -0.39 is 18.1 Å². The van der Waals surface area contributed by atoms with Crippen LogP contribution < -0.4 is 20.7 Å². The number of anilines is 1. The monoisotopic (exact) mass is 601 g/mol. The highest BCUT2D eigenvalue weighted by Crippen LogP contribution is 2.36. The summed E-state index contributed by atoms with van der Waals surface area (Å²) in [5.41, 5.74) is 12.9. The number of aryl methyl sites for hydroxylation is 1. The van der Waals surface area contributed by atoms with E-state index in [9.17, 15) is 14.4 Å². The number of carbonyl (C=O) groups excluding carboxylic acids is 2. The third kappa shape index (κ3) is 8.83. The molecule has 3 aromatic carbocycles. The summed E-state index contributed by atoms with van der Waals surface area (Å²) in [6.45, 7) is 5.80. The number of carboxylic acids is 1. The van der Waals surface area contributed by atoms with E-state index in [1.807, 2.05) is 60.4 Å². The number of hydrogen-bond donors (Lipinski definition) is 3. The van der Waals surface area contributed by atoms with Crippen LogP contribution in [0.1, 0.15) is 60.8 Å². The smallest absolute Gasteiger partial charge is 0.407 e. The Morgan fingerprint density at radius 2 is 1.82 bits per heavy atom. The van der Waals surface area contributed by atoms with Crippen LogP contribution in [0.15, 0.2) is 60.7 Å². The third-order valence-electron chi connectivity index (χ3n) is 8.04. The number of aliphatic carboxylic acids is 1. The van der Waals surface area contributed by atoms with E-state index in [1.54, 1.807) is 0 Å². The van der Waals surface area contributed by atoms with Crippen molar-refractivity contribution in [2.45, 2.75) is 71.4 Å². The minimum atomic E-state index is -1.02. The molecule has 0 fully saturated rings. The van der Waals surface area contributed by atoms with Crippen LogP contribution in [0.25, 0.3) is 11.1 Å². The summed E-state index contributed by atoms with van der Waals surface area (Å²) in [5, 5.41) is 11.5. The van der Waals surface area contributed by atoms with Crippen LogP contribution >= 0.6 is 0 Å². The molecular formula is C35H43N3O6. The number of rotatable bonds is 14. The Labute approximate surface area is 259 Å². The lowest BCUT2D eigenvalue weighted by Crippen LogP contribution is -2.35. The number of hydrogen-bond acceptors (Lipinski definition) is 6. The summed E-state index contributed by atoms with van der Waals surface area (Å²) < 4.78 is 11.4. The maximum atomic E-state index is 13.3. The van der Waals surface area contributed by atoms with E-state index in [-0.39, 0.29) is 12.5 Å². The fourth-order valence-corrected chi connectivity index (χ4v) is 5.41. The van der Waals surface area contributed by atoms with Crippen molar-refractivity contribution < 1.29 is 29.0 Å². The summed E-state index contributed by atoms with van der Waals surface area (Å²) in [4.78, 5) is 38.2. The molecule has 0 aliphatic carbocycles. The molecule has 0 bridgehead atoms. The Kier molecular flexibility index (Phi) is 11.8. The van der Waals surface area contributed by atoms with Crippen molar-refractivity contribution in [3.05, 3.63) is 82.9 Å².